The lowest BCUT2D eigenvalue weighted by Gasteiger charge is -2.17. The zero-order valence-electron chi connectivity index (χ0n) is 14.4. The van der Waals surface area contributed by atoms with Gasteiger partial charge in [-0.2, -0.15) is 0 Å². The zero-order chi connectivity index (χ0) is 18.0. The normalized spacial score (nSPS) is 18.6. The summed E-state index contributed by atoms with van der Waals surface area (Å²) in [5, 5.41) is 10.6. The van der Waals surface area contributed by atoms with Crippen molar-refractivity contribution in [2.24, 2.45) is 4.99 Å². The number of aliphatic carboxylic acids is 1. The molecule has 0 bridgehead atoms. The topological polar surface area (TPSA) is 75.0 Å². The Labute approximate surface area is 154 Å². The van der Waals surface area contributed by atoms with Crippen LogP contribution in [-0.2, 0) is 4.79 Å². The molecule has 2 atom stereocenters. The van der Waals surface area contributed by atoms with Crippen molar-refractivity contribution in [3.63, 3.8) is 0 Å². The largest absolute Gasteiger partial charge is 0.491 e. The van der Waals surface area contributed by atoms with Gasteiger partial charge in [0, 0.05) is 12.3 Å². The minimum atomic E-state index is -0.883. The van der Waals surface area contributed by atoms with E-state index in [1.54, 1.807) is 0 Å². The van der Waals surface area contributed by atoms with Crippen molar-refractivity contribution in [2.45, 2.75) is 25.5 Å². The van der Waals surface area contributed by atoms with E-state index in [9.17, 15) is 4.79 Å². The van der Waals surface area contributed by atoms with E-state index >= 15 is 0 Å². The fraction of sp³-hybridized carbons (Fsp3) is 0.471. The summed E-state index contributed by atoms with van der Waals surface area (Å²) in [6, 6.07) is 5.21. The van der Waals surface area contributed by atoms with E-state index in [1.807, 2.05) is 18.2 Å². The van der Waals surface area contributed by atoms with Crippen molar-refractivity contribution >= 4 is 44.3 Å². The van der Waals surface area contributed by atoms with Crippen molar-refractivity contribution in [1.82, 2.24) is 9.88 Å². The predicted molar refractivity (Wildman–Crippen MR) is 103 cm³/mol. The van der Waals surface area contributed by atoms with E-state index in [0.29, 0.717) is 5.75 Å². The molecular formula is C17H21N3O3S2. The Morgan fingerprint density at radius 3 is 2.96 bits per heavy atom. The van der Waals surface area contributed by atoms with Gasteiger partial charge in [-0.15, -0.1) is 23.1 Å². The molecule has 6 nitrogen and oxygen atoms in total. The highest BCUT2D eigenvalue weighted by Gasteiger charge is 2.26. The average Bonchev–Trinajstić information content (AvgIpc) is 3.19. The molecule has 1 aliphatic heterocycles. The van der Waals surface area contributed by atoms with Gasteiger partial charge in [0.05, 0.1) is 16.3 Å². The molecule has 0 amide bonds. The summed E-state index contributed by atoms with van der Waals surface area (Å²) in [5.74, 6) is 0.419. The van der Waals surface area contributed by atoms with E-state index in [0.717, 1.165) is 39.0 Å². The first-order valence-electron chi connectivity index (χ1n) is 8.08. The number of aromatic nitrogens is 1. The summed E-state index contributed by atoms with van der Waals surface area (Å²) in [5.41, 5.74) is 0.885. The highest BCUT2D eigenvalue weighted by atomic mass is 32.2. The standard InChI is InChI=1S/C17H21N3O3S2/c1-10(6-7-20(2)3)23-11-4-5-12-14(8-11)25-16(18-12)15-19-13(9-24-15)17(21)22/h4-5,8,10,13H,6-7,9H2,1-3H3,(H,21,22)/t10?,13-/m1/s1. The van der Waals surface area contributed by atoms with Gasteiger partial charge in [-0.1, -0.05) is 0 Å². The quantitative estimate of drug-likeness (QED) is 0.797. The molecule has 1 N–H and O–H groups in total. The minimum Gasteiger partial charge on any atom is -0.491 e. The minimum absolute atomic E-state index is 0.137. The third-order valence-corrected chi connectivity index (χ3v) is 6.01. The van der Waals surface area contributed by atoms with Crippen molar-refractivity contribution in [1.29, 1.82) is 0 Å². The van der Waals surface area contributed by atoms with E-state index in [2.05, 4.69) is 35.9 Å². The molecule has 1 aromatic carbocycles. The number of thiazole rings is 1. The molecular weight excluding hydrogens is 358 g/mol. The van der Waals surface area contributed by atoms with Gasteiger partial charge >= 0.3 is 5.97 Å². The fourth-order valence-corrected chi connectivity index (χ4v) is 4.51. The molecule has 0 saturated heterocycles. The number of thioether (sulfide) groups is 1. The molecule has 0 spiro atoms. The third kappa shape index (κ3) is 4.50. The van der Waals surface area contributed by atoms with Gasteiger partial charge in [-0.3, -0.25) is 4.99 Å². The predicted octanol–water partition coefficient (Wildman–Crippen LogP) is 2.96. The number of carboxylic acids is 1. The third-order valence-electron chi connectivity index (χ3n) is 3.80. The van der Waals surface area contributed by atoms with Gasteiger partial charge in [-0.05, 0) is 45.6 Å². The van der Waals surface area contributed by atoms with E-state index in [4.69, 9.17) is 9.84 Å². The number of hydrogen-bond acceptors (Lipinski definition) is 7. The van der Waals surface area contributed by atoms with Gasteiger partial charge in [0.1, 0.15) is 15.8 Å². The highest BCUT2D eigenvalue weighted by molar-refractivity contribution is 8.15. The van der Waals surface area contributed by atoms with Crippen LogP contribution in [0.2, 0.25) is 0 Å². The van der Waals surface area contributed by atoms with Crippen LogP contribution in [0, 0.1) is 0 Å². The summed E-state index contributed by atoms with van der Waals surface area (Å²) < 4.78 is 7.02. The second kappa shape index (κ2) is 7.72. The SMILES string of the molecule is CC(CCN(C)C)Oc1ccc2nc(C3=N[C@@H](C(=O)O)CS3)sc2c1. The number of benzene rings is 1. The molecule has 1 aliphatic rings. The molecule has 3 rings (SSSR count). The number of hydrogen-bond donors (Lipinski definition) is 1. The Morgan fingerprint density at radius 1 is 1.48 bits per heavy atom. The Kier molecular flexibility index (Phi) is 5.61. The maximum atomic E-state index is 11.0. The van der Waals surface area contributed by atoms with Crippen molar-refractivity contribution in [3.8, 4) is 5.75 Å². The van der Waals surface area contributed by atoms with Gasteiger partial charge in [0.25, 0.3) is 0 Å². The van der Waals surface area contributed by atoms with Gasteiger partial charge in [0.15, 0.2) is 6.04 Å². The van der Waals surface area contributed by atoms with E-state index in [-0.39, 0.29) is 6.10 Å². The van der Waals surface area contributed by atoms with Gasteiger partial charge in [0.2, 0.25) is 0 Å². The number of nitrogens with zero attached hydrogens (tertiary/aromatic N) is 3. The summed E-state index contributed by atoms with van der Waals surface area (Å²) >= 11 is 2.98. The van der Waals surface area contributed by atoms with E-state index < -0.39 is 12.0 Å². The smallest absolute Gasteiger partial charge is 0.329 e. The zero-order valence-corrected chi connectivity index (χ0v) is 16.1. The van der Waals surface area contributed by atoms with Crippen LogP contribution in [0.15, 0.2) is 23.2 Å². The van der Waals surface area contributed by atoms with Crippen LogP contribution in [-0.4, -0.2) is 64.5 Å². The lowest BCUT2D eigenvalue weighted by atomic mass is 10.2. The highest BCUT2D eigenvalue weighted by Crippen LogP contribution is 2.32. The summed E-state index contributed by atoms with van der Waals surface area (Å²) in [4.78, 5) is 22.0. The maximum Gasteiger partial charge on any atom is 0.329 e. The van der Waals surface area contributed by atoms with E-state index in [1.165, 1.54) is 23.1 Å². The Bertz CT molecular complexity index is 804. The number of aliphatic imine (C=N–C) groups is 1. The molecule has 0 radical (unpaired) electrons. The molecule has 1 unspecified atom stereocenters. The molecule has 2 aromatic rings. The second-order valence-electron chi connectivity index (χ2n) is 6.27. The monoisotopic (exact) mass is 379 g/mol. The van der Waals surface area contributed by atoms with Crippen molar-refractivity contribution in [3.05, 3.63) is 23.2 Å². The van der Waals surface area contributed by atoms with Crippen LogP contribution in [0.4, 0.5) is 0 Å². The lowest BCUT2D eigenvalue weighted by molar-refractivity contribution is -0.137. The number of rotatable bonds is 7. The van der Waals surface area contributed by atoms with Crippen LogP contribution < -0.4 is 4.74 Å². The molecule has 8 heteroatoms. The number of carbonyl (C=O) groups is 1. The molecule has 0 aliphatic carbocycles. The van der Waals surface area contributed by atoms with Crippen LogP contribution in [0.25, 0.3) is 10.2 Å². The molecule has 1 aromatic heterocycles. The van der Waals surface area contributed by atoms with Crippen LogP contribution in [0.3, 0.4) is 0 Å². The van der Waals surface area contributed by atoms with Crippen LogP contribution >= 0.6 is 23.1 Å². The molecule has 25 heavy (non-hydrogen) atoms. The number of ether oxygens (including phenoxy) is 1. The lowest BCUT2D eigenvalue weighted by Crippen LogP contribution is -2.21. The maximum absolute atomic E-state index is 11.0. The van der Waals surface area contributed by atoms with Crippen molar-refractivity contribution in [2.75, 3.05) is 26.4 Å². The van der Waals surface area contributed by atoms with Crippen LogP contribution in [0.5, 0.6) is 5.75 Å². The molecule has 0 fully saturated rings. The fourth-order valence-electron chi connectivity index (χ4n) is 2.42. The van der Waals surface area contributed by atoms with Gasteiger partial charge < -0.3 is 14.7 Å². The Hall–Kier alpha value is -1.64. The number of carboxylic acid groups (broad SMARTS) is 1. The molecule has 134 valence electrons. The first kappa shape index (κ1) is 18.2. The summed E-state index contributed by atoms with van der Waals surface area (Å²) in [7, 11) is 4.10. The molecule has 2 heterocycles. The van der Waals surface area contributed by atoms with Crippen LogP contribution in [0.1, 0.15) is 18.4 Å². The average molecular weight is 380 g/mol. The summed E-state index contributed by atoms with van der Waals surface area (Å²) in [6.45, 7) is 3.05. The Morgan fingerprint density at radius 2 is 2.28 bits per heavy atom. The Balaban J connectivity index is 1.74. The molecule has 0 saturated carbocycles. The first-order valence-corrected chi connectivity index (χ1v) is 9.88. The second-order valence-corrected chi connectivity index (χ2v) is 8.31. The summed E-state index contributed by atoms with van der Waals surface area (Å²) in [6.07, 6.45) is 1.10. The van der Waals surface area contributed by atoms with Crippen molar-refractivity contribution < 1.29 is 14.6 Å². The first-order chi connectivity index (χ1) is 11.9. The number of fused-ring (bicyclic) bond motifs is 1. The van der Waals surface area contributed by atoms with Gasteiger partial charge in [-0.25, -0.2) is 9.78 Å².